The van der Waals surface area contributed by atoms with Crippen molar-refractivity contribution in [3.8, 4) is 0 Å². The van der Waals surface area contributed by atoms with Gasteiger partial charge in [0.2, 0.25) is 0 Å². The smallest absolute Gasteiger partial charge is 0.335 e. The summed E-state index contributed by atoms with van der Waals surface area (Å²) in [6.45, 7) is 0. The third-order valence-corrected chi connectivity index (χ3v) is 2.56. The quantitative estimate of drug-likeness (QED) is 0.713. The van der Waals surface area contributed by atoms with Crippen LogP contribution in [0.25, 0.3) is 0 Å². The number of benzene rings is 1. The molecule has 0 saturated carbocycles. The fourth-order valence-electron chi connectivity index (χ4n) is 1.88. The predicted molar refractivity (Wildman–Crippen MR) is 48.6 cm³/mol. The van der Waals surface area contributed by atoms with Gasteiger partial charge >= 0.3 is 5.97 Å². The summed E-state index contributed by atoms with van der Waals surface area (Å²) in [6, 6.07) is 2.26. The molecule has 74 valence electrons. The minimum atomic E-state index is -1.10. The molecule has 1 aromatic carbocycles. The van der Waals surface area contributed by atoms with Gasteiger partial charge in [-0.15, -0.1) is 0 Å². The highest BCUT2D eigenvalue weighted by Gasteiger charge is 2.24. The molecule has 0 spiro atoms. The molecule has 0 saturated heterocycles. The molecule has 0 fully saturated rings. The Hall–Kier alpha value is -1.42. The number of nitrogens with two attached hydrogens (primary N) is 1. The minimum absolute atomic E-state index is 0.00431. The van der Waals surface area contributed by atoms with Crippen LogP contribution >= 0.6 is 0 Å². The van der Waals surface area contributed by atoms with Gasteiger partial charge in [0.1, 0.15) is 5.82 Å². The highest BCUT2D eigenvalue weighted by molar-refractivity contribution is 5.88. The maximum Gasteiger partial charge on any atom is 0.335 e. The summed E-state index contributed by atoms with van der Waals surface area (Å²) in [5.41, 5.74) is 6.89. The SMILES string of the molecule is N[C@H]1CCc2cc(C(=O)O)cc(F)c21. The first kappa shape index (κ1) is 9.15. The van der Waals surface area contributed by atoms with Crippen LogP contribution in [0.4, 0.5) is 4.39 Å². The van der Waals surface area contributed by atoms with Crippen LogP contribution in [0.1, 0.15) is 33.9 Å². The Morgan fingerprint density at radius 1 is 1.57 bits per heavy atom. The Bertz CT molecular complexity index is 403. The number of fused-ring (bicyclic) bond motifs is 1. The van der Waals surface area contributed by atoms with E-state index in [1.54, 1.807) is 0 Å². The second-order valence-electron chi connectivity index (χ2n) is 3.48. The molecule has 4 heteroatoms. The van der Waals surface area contributed by atoms with E-state index in [4.69, 9.17) is 10.8 Å². The predicted octanol–water partition coefficient (Wildman–Crippen LogP) is 1.47. The summed E-state index contributed by atoms with van der Waals surface area (Å²) in [4.78, 5) is 10.6. The lowest BCUT2D eigenvalue weighted by molar-refractivity contribution is 0.0696. The van der Waals surface area contributed by atoms with Gasteiger partial charge in [-0.1, -0.05) is 0 Å². The lowest BCUT2D eigenvalue weighted by Gasteiger charge is -2.06. The van der Waals surface area contributed by atoms with E-state index >= 15 is 0 Å². The van der Waals surface area contributed by atoms with Crippen LogP contribution < -0.4 is 5.73 Å². The summed E-state index contributed by atoms with van der Waals surface area (Å²) in [5, 5.41) is 8.71. The first-order chi connectivity index (χ1) is 6.59. The molecule has 2 rings (SSSR count). The van der Waals surface area contributed by atoms with E-state index in [1.807, 2.05) is 0 Å². The van der Waals surface area contributed by atoms with Gasteiger partial charge in [0.25, 0.3) is 0 Å². The molecule has 0 heterocycles. The molecule has 0 aromatic heterocycles. The Kier molecular flexibility index (Phi) is 2.00. The highest BCUT2D eigenvalue weighted by atomic mass is 19.1. The first-order valence-electron chi connectivity index (χ1n) is 4.41. The maximum atomic E-state index is 13.4. The van der Waals surface area contributed by atoms with Crippen LogP contribution in [0.3, 0.4) is 0 Å². The van der Waals surface area contributed by atoms with Gasteiger partial charge in [-0.2, -0.15) is 0 Å². The molecule has 14 heavy (non-hydrogen) atoms. The van der Waals surface area contributed by atoms with Crippen LogP contribution in [0.2, 0.25) is 0 Å². The van der Waals surface area contributed by atoms with Crippen molar-refractivity contribution >= 4 is 5.97 Å². The van der Waals surface area contributed by atoms with E-state index in [2.05, 4.69) is 0 Å². The number of carbonyl (C=O) groups is 1. The highest BCUT2D eigenvalue weighted by Crippen LogP contribution is 2.32. The average Bonchev–Trinajstić information content (AvgIpc) is 2.48. The van der Waals surface area contributed by atoms with Crippen molar-refractivity contribution in [2.45, 2.75) is 18.9 Å². The zero-order chi connectivity index (χ0) is 10.3. The van der Waals surface area contributed by atoms with Crippen LogP contribution in [0, 0.1) is 5.82 Å². The molecular weight excluding hydrogens is 185 g/mol. The van der Waals surface area contributed by atoms with Gasteiger partial charge in [0.05, 0.1) is 5.56 Å². The molecule has 1 aliphatic carbocycles. The number of rotatable bonds is 1. The Labute approximate surface area is 80.3 Å². The number of hydrogen-bond donors (Lipinski definition) is 2. The van der Waals surface area contributed by atoms with Crippen molar-refractivity contribution in [2.75, 3.05) is 0 Å². The summed E-state index contributed by atoms with van der Waals surface area (Å²) >= 11 is 0. The fraction of sp³-hybridized carbons (Fsp3) is 0.300. The zero-order valence-corrected chi connectivity index (χ0v) is 7.46. The van der Waals surface area contributed by atoms with Gasteiger partial charge < -0.3 is 10.8 Å². The molecule has 1 atom stereocenters. The standard InChI is InChI=1S/C10H10FNO2/c11-7-4-6(10(13)14)3-5-1-2-8(12)9(5)7/h3-4,8H,1-2,12H2,(H,13,14)/t8-/m0/s1. The number of halogens is 1. The largest absolute Gasteiger partial charge is 0.478 e. The lowest BCUT2D eigenvalue weighted by atomic mass is 10.0. The van der Waals surface area contributed by atoms with E-state index in [1.165, 1.54) is 6.07 Å². The maximum absolute atomic E-state index is 13.4. The lowest BCUT2D eigenvalue weighted by Crippen LogP contribution is -2.08. The summed E-state index contributed by atoms with van der Waals surface area (Å²) in [7, 11) is 0. The number of aromatic carboxylic acids is 1. The van der Waals surface area contributed by atoms with Gasteiger partial charge in [0.15, 0.2) is 0 Å². The van der Waals surface area contributed by atoms with Crippen molar-refractivity contribution in [1.29, 1.82) is 0 Å². The van der Waals surface area contributed by atoms with E-state index in [0.29, 0.717) is 18.4 Å². The molecular formula is C10H10FNO2. The zero-order valence-electron chi connectivity index (χ0n) is 7.46. The van der Waals surface area contributed by atoms with Gasteiger partial charge in [-0.05, 0) is 30.5 Å². The Morgan fingerprint density at radius 3 is 2.93 bits per heavy atom. The minimum Gasteiger partial charge on any atom is -0.478 e. The van der Waals surface area contributed by atoms with E-state index in [9.17, 15) is 9.18 Å². The van der Waals surface area contributed by atoms with Crippen LogP contribution in [0.5, 0.6) is 0 Å². The Balaban J connectivity index is 2.57. The van der Waals surface area contributed by atoms with Crippen molar-refractivity contribution in [2.24, 2.45) is 5.73 Å². The number of hydrogen-bond acceptors (Lipinski definition) is 2. The van der Waals surface area contributed by atoms with Crippen molar-refractivity contribution in [3.05, 3.63) is 34.6 Å². The molecule has 0 unspecified atom stereocenters. The van der Waals surface area contributed by atoms with Gasteiger partial charge in [-0.3, -0.25) is 0 Å². The molecule has 0 aliphatic heterocycles. The van der Waals surface area contributed by atoms with E-state index in [-0.39, 0.29) is 11.6 Å². The monoisotopic (exact) mass is 195 g/mol. The third-order valence-electron chi connectivity index (χ3n) is 2.56. The third kappa shape index (κ3) is 1.28. The van der Waals surface area contributed by atoms with Crippen molar-refractivity contribution in [1.82, 2.24) is 0 Å². The normalized spacial score (nSPS) is 19.4. The van der Waals surface area contributed by atoms with Crippen LogP contribution in [-0.2, 0) is 6.42 Å². The average molecular weight is 195 g/mol. The van der Waals surface area contributed by atoms with Crippen molar-refractivity contribution < 1.29 is 14.3 Å². The summed E-state index contributed by atoms with van der Waals surface area (Å²) < 4.78 is 13.4. The van der Waals surface area contributed by atoms with E-state index < -0.39 is 11.8 Å². The number of carboxylic acids is 1. The second kappa shape index (κ2) is 3.06. The molecule has 0 amide bonds. The fourth-order valence-corrected chi connectivity index (χ4v) is 1.88. The summed E-state index contributed by atoms with van der Waals surface area (Å²) in [6.07, 6.45) is 1.35. The van der Waals surface area contributed by atoms with Gasteiger partial charge in [0, 0.05) is 11.6 Å². The number of aryl methyl sites for hydroxylation is 1. The molecule has 1 aliphatic rings. The van der Waals surface area contributed by atoms with Crippen LogP contribution in [-0.4, -0.2) is 11.1 Å². The summed E-state index contributed by atoms with van der Waals surface area (Å²) in [5.74, 6) is -1.60. The number of carboxylic acid groups (broad SMARTS) is 1. The first-order valence-corrected chi connectivity index (χ1v) is 4.41. The molecule has 3 N–H and O–H groups in total. The molecule has 1 aromatic rings. The van der Waals surface area contributed by atoms with E-state index in [0.717, 1.165) is 11.6 Å². The molecule has 3 nitrogen and oxygen atoms in total. The van der Waals surface area contributed by atoms with Gasteiger partial charge in [-0.25, -0.2) is 9.18 Å². The van der Waals surface area contributed by atoms with Crippen molar-refractivity contribution in [3.63, 3.8) is 0 Å². The molecule has 0 bridgehead atoms. The van der Waals surface area contributed by atoms with Crippen LogP contribution in [0.15, 0.2) is 12.1 Å². The molecule has 0 radical (unpaired) electrons. The Morgan fingerprint density at radius 2 is 2.29 bits per heavy atom. The second-order valence-corrected chi connectivity index (χ2v) is 3.48. The topological polar surface area (TPSA) is 63.3 Å².